The molecule has 5 aromatic rings. The number of imidazole rings is 1. The van der Waals surface area contributed by atoms with Gasteiger partial charge in [-0.1, -0.05) is 79.2 Å². The molecular formula is C36H42N8O5. The van der Waals surface area contributed by atoms with Crippen molar-refractivity contribution in [2.24, 2.45) is 0 Å². The summed E-state index contributed by atoms with van der Waals surface area (Å²) in [6, 6.07) is 22.1. The Morgan fingerprint density at radius 1 is 0.980 bits per heavy atom. The number of piperidine rings is 1. The molecule has 2 aliphatic heterocycles. The number of nitrogens with zero attached hydrogens (tertiary/aromatic N) is 6. The van der Waals surface area contributed by atoms with Gasteiger partial charge in [-0.2, -0.15) is 0 Å². The van der Waals surface area contributed by atoms with Crippen LogP contribution in [0.5, 0.6) is 0 Å². The van der Waals surface area contributed by atoms with Crippen LogP contribution in [0.2, 0.25) is 0 Å². The molecule has 2 fully saturated rings. The predicted molar refractivity (Wildman–Crippen MR) is 182 cm³/mol. The Morgan fingerprint density at radius 3 is 2.37 bits per heavy atom. The van der Waals surface area contributed by atoms with Gasteiger partial charge in [-0.05, 0) is 43.5 Å². The molecule has 4 atom stereocenters. The molecule has 0 spiro atoms. The van der Waals surface area contributed by atoms with E-state index in [-0.39, 0.29) is 17.4 Å². The zero-order valence-corrected chi connectivity index (χ0v) is 27.5. The van der Waals surface area contributed by atoms with Crippen LogP contribution < -0.4 is 10.6 Å². The zero-order chi connectivity index (χ0) is 33.7. The molecule has 13 nitrogen and oxygen atoms in total. The van der Waals surface area contributed by atoms with Crippen LogP contribution in [0.25, 0.3) is 11.2 Å². The molecule has 5 heterocycles. The van der Waals surface area contributed by atoms with Gasteiger partial charge in [-0.15, -0.1) is 0 Å². The first-order valence-electron chi connectivity index (χ1n) is 17.1. The summed E-state index contributed by atoms with van der Waals surface area (Å²) in [6.07, 6.45) is 1.04. The van der Waals surface area contributed by atoms with E-state index in [0.29, 0.717) is 42.3 Å². The number of benzene rings is 2. The number of aryl methyl sites for hydroxylation is 1. The normalized spacial score (nSPS) is 21.4. The summed E-state index contributed by atoms with van der Waals surface area (Å²) in [5.74, 6) is 0.195. The molecule has 2 saturated heterocycles. The van der Waals surface area contributed by atoms with E-state index < -0.39 is 30.4 Å². The highest BCUT2D eigenvalue weighted by Gasteiger charge is 2.47. The fraction of sp³-hybridized carbons (Fsp3) is 0.417. The lowest BCUT2D eigenvalue weighted by Crippen LogP contribution is -2.38. The van der Waals surface area contributed by atoms with E-state index in [1.54, 1.807) is 6.07 Å². The zero-order valence-electron chi connectivity index (χ0n) is 27.5. The van der Waals surface area contributed by atoms with E-state index in [1.165, 1.54) is 30.2 Å². The number of rotatable bonds is 12. The van der Waals surface area contributed by atoms with Gasteiger partial charge in [0.25, 0.3) is 5.91 Å². The maximum absolute atomic E-state index is 13.6. The molecule has 0 radical (unpaired) electrons. The number of carbonyl (C=O) groups is 1. The molecule has 256 valence electrons. The van der Waals surface area contributed by atoms with Gasteiger partial charge in [0.2, 0.25) is 5.82 Å². The number of ether oxygens (including phenoxy) is 1. The fourth-order valence-electron chi connectivity index (χ4n) is 6.67. The van der Waals surface area contributed by atoms with Gasteiger partial charge in [0, 0.05) is 31.6 Å². The molecule has 0 saturated carbocycles. The van der Waals surface area contributed by atoms with Crippen molar-refractivity contribution in [2.45, 2.75) is 63.1 Å². The van der Waals surface area contributed by atoms with Crippen LogP contribution in [0.15, 0.2) is 77.6 Å². The van der Waals surface area contributed by atoms with Gasteiger partial charge < -0.3 is 35.0 Å². The van der Waals surface area contributed by atoms with E-state index in [2.05, 4.69) is 59.9 Å². The maximum Gasteiger partial charge on any atom is 0.289 e. The molecule has 0 aliphatic carbocycles. The topological polar surface area (TPSA) is 164 Å². The standard InChI is InChI=1S/C36H42N8O5/c1-2-25-20-27(49-42-25)31-29(45)30(46)36(48-31)44-22-39-28-32(38-21-26(23-12-6-3-7-13-23)24-14-8-4-9-15-24)40-33(41-34(28)44)35(47)37-16-19-43-17-10-5-11-18-43/h3-4,6-9,12-15,20,22,26,29-31,36,45-46H,2,5,10-11,16-19,21H2,1H3,(H,37,47)(H,38,40,41)/t29-,30+,31+,36+/m0/s1. The summed E-state index contributed by atoms with van der Waals surface area (Å²) >= 11 is 0. The van der Waals surface area contributed by atoms with Crippen molar-refractivity contribution in [1.82, 2.24) is 34.9 Å². The lowest BCUT2D eigenvalue weighted by Gasteiger charge is -2.26. The number of carbonyl (C=O) groups excluding carboxylic acids is 1. The first-order chi connectivity index (χ1) is 24.0. The molecule has 13 heteroatoms. The Bertz CT molecular complexity index is 1800. The third kappa shape index (κ3) is 7.06. The molecule has 2 aliphatic rings. The predicted octanol–water partition coefficient (Wildman–Crippen LogP) is 3.83. The number of nitrogens with one attached hydrogen (secondary N) is 2. The van der Waals surface area contributed by atoms with E-state index in [1.807, 2.05) is 43.3 Å². The SMILES string of the molecule is CCc1cc([C@H]2O[C@@H](n3cnc4c(NCC(c5ccccc5)c5ccccc5)nc(C(=O)NCCN5CCCCC5)nc43)[C@H](O)[C@@H]2O)on1. The quantitative estimate of drug-likeness (QED) is 0.153. The highest BCUT2D eigenvalue weighted by molar-refractivity contribution is 5.94. The smallest absolute Gasteiger partial charge is 0.289 e. The minimum absolute atomic E-state index is 0.0258. The molecule has 7 rings (SSSR count). The number of hydrogen-bond acceptors (Lipinski definition) is 11. The van der Waals surface area contributed by atoms with Gasteiger partial charge in [-0.25, -0.2) is 15.0 Å². The van der Waals surface area contributed by atoms with Crippen LogP contribution in [-0.4, -0.2) is 90.6 Å². The summed E-state index contributed by atoms with van der Waals surface area (Å²) in [7, 11) is 0. The first-order valence-corrected chi connectivity index (χ1v) is 17.1. The molecule has 4 N–H and O–H groups in total. The highest BCUT2D eigenvalue weighted by atomic mass is 16.6. The maximum atomic E-state index is 13.6. The summed E-state index contributed by atoms with van der Waals surface area (Å²) in [5.41, 5.74) is 3.62. The summed E-state index contributed by atoms with van der Waals surface area (Å²) < 4.78 is 13.1. The van der Waals surface area contributed by atoms with Crippen molar-refractivity contribution >= 4 is 22.9 Å². The van der Waals surface area contributed by atoms with Gasteiger partial charge in [0.05, 0.1) is 12.0 Å². The largest absolute Gasteiger partial charge is 0.387 e. The molecular weight excluding hydrogens is 624 g/mol. The molecule has 0 unspecified atom stereocenters. The minimum Gasteiger partial charge on any atom is -0.387 e. The van der Waals surface area contributed by atoms with Gasteiger partial charge in [0.15, 0.2) is 29.0 Å². The number of aromatic nitrogens is 5. The Kier molecular flexibility index (Phi) is 9.94. The van der Waals surface area contributed by atoms with Crippen LogP contribution in [0.4, 0.5) is 5.82 Å². The summed E-state index contributed by atoms with van der Waals surface area (Å²) in [5, 5.41) is 32.6. The molecule has 1 amide bonds. The lowest BCUT2D eigenvalue weighted by atomic mass is 9.91. The highest BCUT2D eigenvalue weighted by Crippen LogP contribution is 2.40. The first kappa shape index (κ1) is 32.8. The van der Waals surface area contributed by atoms with Crippen LogP contribution >= 0.6 is 0 Å². The Labute approximate surface area is 284 Å². The second-order valence-electron chi connectivity index (χ2n) is 12.6. The Morgan fingerprint density at radius 2 is 1.69 bits per heavy atom. The number of fused-ring (bicyclic) bond motifs is 1. The number of amides is 1. The fourth-order valence-corrected chi connectivity index (χ4v) is 6.67. The van der Waals surface area contributed by atoms with Crippen molar-refractivity contribution in [3.05, 3.63) is 101 Å². The monoisotopic (exact) mass is 666 g/mol. The second-order valence-corrected chi connectivity index (χ2v) is 12.6. The summed E-state index contributed by atoms with van der Waals surface area (Å²) in [6.45, 7) is 5.66. The van der Waals surface area contributed by atoms with E-state index in [4.69, 9.17) is 9.26 Å². The van der Waals surface area contributed by atoms with E-state index in [9.17, 15) is 15.0 Å². The molecule has 3 aromatic heterocycles. The van der Waals surface area contributed by atoms with Crippen molar-refractivity contribution in [1.29, 1.82) is 0 Å². The van der Waals surface area contributed by atoms with Crippen LogP contribution in [0, 0.1) is 0 Å². The number of hydrogen-bond donors (Lipinski definition) is 4. The van der Waals surface area contributed by atoms with Gasteiger partial charge in [-0.3, -0.25) is 9.36 Å². The van der Waals surface area contributed by atoms with Gasteiger partial charge in [0.1, 0.15) is 18.3 Å². The minimum atomic E-state index is -1.34. The van der Waals surface area contributed by atoms with Gasteiger partial charge >= 0.3 is 0 Å². The van der Waals surface area contributed by atoms with Crippen molar-refractivity contribution in [3.63, 3.8) is 0 Å². The van der Waals surface area contributed by atoms with Crippen LogP contribution in [0.3, 0.4) is 0 Å². The number of aliphatic hydroxyl groups excluding tert-OH is 2. The number of anilines is 1. The van der Waals surface area contributed by atoms with E-state index >= 15 is 0 Å². The van der Waals surface area contributed by atoms with Crippen molar-refractivity contribution in [2.75, 3.05) is 38.0 Å². The van der Waals surface area contributed by atoms with Crippen molar-refractivity contribution in [3.8, 4) is 0 Å². The van der Waals surface area contributed by atoms with E-state index in [0.717, 1.165) is 30.8 Å². The average molecular weight is 667 g/mol. The second kappa shape index (κ2) is 14.8. The molecule has 0 bridgehead atoms. The van der Waals surface area contributed by atoms with Crippen LogP contribution in [0.1, 0.15) is 77.6 Å². The third-order valence-corrected chi connectivity index (χ3v) is 9.40. The Hall–Kier alpha value is -4.69. The van der Waals surface area contributed by atoms with Crippen LogP contribution in [-0.2, 0) is 11.2 Å². The molecule has 49 heavy (non-hydrogen) atoms. The van der Waals surface area contributed by atoms with Crippen molar-refractivity contribution < 1.29 is 24.3 Å². The number of aliphatic hydroxyl groups is 2. The summed E-state index contributed by atoms with van der Waals surface area (Å²) in [4.78, 5) is 29.8. The average Bonchev–Trinajstić information content (AvgIpc) is 3.87. The third-order valence-electron chi connectivity index (χ3n) is 9.40. The Balaban J connectivity index is 1.20. The number of likely N-dealkylation sites (tertiary alicyclic amines) is 1. The molecule has 2 aromatic carbocycles. The lowest BCUT2D eigenvalue weighted by molar-refractivity contribution is -0.0434.